The molecule has 4 nitrogen and oxygen atoms in total. The van der Waals surface area contributed by atoms with E-state index in [-0.39, 0.29) is 5.91 Å². The average Bonchev–Trinajstić information content (AvgIpc) is 3.03. The van der Waals surface area contributed by atoms with Gasteiger partial charge in [-0.3, -0.25) is 4.79 Å². The number of aromatic nitrogens is 1. The van der Waals surface area contributed by atoms with Crippen molar-refractivity contribution in [1.29, 1.82) is 0 Å². The first-order valence-corrected chi connectivity index (χ1v) is 8.39. The second kappa shape index (κ2) is 7.90. The van der Waals surface area contributed by atoms with Crippen molar-refractivity contribution < 1.29 is 9.53 Å². The van der Waals surface area contributed by atoms with Crippen LogP contribution in [-0.2, 0) is 11.2 Å². The van der Waals surface area contributed by atoms with Crippen molar-refractivity contribution in [2.24, 2.45) is 0 Å². The van der Waals surface area contributed by atoms with Crippen molar-refractivity contribution in [2.75, 3.05) is 13.7 Å². The highest BCUT2D eigenvalue weighted by atomic mass is 35.5. The maximum Gasteiger partial charge on any atom is 0.244 e. The number of aromatic amines is 1. The summed E-state index contributed by atoms with van der Waals surface area (Å²) in [6, 6.07) is 13.2. The normalized spacial score (nSPS) is 11.1. The molecule has 1 amide bonds. The quantitative estimate of drug-likeness (QED) is 0.652. The van der Waals surface area contributed by atoms with E-state index in [2.05, 4.69) is 10.3 Å². The third-order valence-electron chi connectivity index (χ3n) is 3.97. The molecule has 0 aliphatic carbocycles. The van der Waals surface area contributed by atoms with E-state index < -0.39 is 0 Å². The second-order valence-electron chi connectivity index (χ2n) is 5.65. The highest BCUT2D eigenvalue weighted by molar-refractivity contribution is 6.30. The Hall–Kier alpha value is -2.72. The molecule has 0 spiro atoms. The van der Waals surface area contributed by atoms with Gasteiger partial charge in [-0.1, -0.05) is 23.7 Å². The summed E-state index contributed by atoms with van der Waals surface area (Å²) in [5.74, 6) is 0.704. The van der Waals surface area contributed by atoms with Crippen molar-refractivity contribution in [3.05, 3.63) is 70.9 Å². The molecule has 0 aliphatic heterocycles. The number of H-pyrrole nitrogens is 1. The molecule has 0 aliphatic rings. The zero-order valence-electron chi connectivity index (χ0n) is 13.9. The number of rotatable bonds is 6. The van der Waals surface area contributed by atoms with E-state index in [1.54, 1.807) is 25.3 Å². The summed E-state index contributed by atoms with van der Waals surface area (Å²) in [6.45, 7) is 0.563. The van der Waals surface area contributed by atoms with E-state index in [0.29, 0.717) is 11.6 Å². The zero-order chi connectivity index (χ0) is 17.6. The number of carbonyl (C=O) groups is 1. The lowest BCUT2D eigenvalue weighted by molar-refractivity contribution is -0.116. The predicted octanol–water partition coefficient (Wildman–Crippen LogP) is 4.20. The fraction of sp³-hybridized carbons (Fsp3) is 0.150. The molecule has 0 saturated heterocycles. The van der Waals surface area contributed by atoms with Crippen LogP contribution in [-0.4, -0.2) is 24.5 Å². The van der Waals surface area contributed by atoms with Gasteiger partial charge < -0.3 is 15.0 Å². The third kappa shape index (κ3) is 4.43. The van der Waals surface area contributed by atoms with E-state index in [9.17, 15) is 4.79 Å². The topological polar surface area (TPSA) is 54.1 Å². The van der Waals surface area contributed by atoms with Crippen LogP contribution in [0.5, 0.6) is 5.75 Å². The van der Waals surface area contributed by atoms with Crippen molar-refractivity contribution in [3.63, 3.8) is 0 Å². The standard InChI is InChI=1S/C20H19ClN2O2/c1-25-17-7-8-19-18(12-17)15(13-23-19)10-11-22-20(24)9-4-14-2-5-16(21)6-3-14/h2-9,12-13,23H,10-11H2,1H3,(H,22,24)/b9-4+. The number of amides is 1. The summed E-state index contributed by atoms with van der Waals surface area (Å²) < 4.78 is 5.27. The Kier molecular flexibility index (Phi) is 5.41. The first kappa shape index (κ1) is 17.1. The lowest BCUT2D eigenvalue weighted by Crippen LogP contribution is -2.23. The zero-order valence-corrected chi connectivity index (χ0v) is 14.6. The van der Waals surface area contributed by atoms with Gasteiger partial charge in [-0.05, 0) is 54.0 Å². The summed E-state index contributed by atoms with van der Waals surface area (Å²) in [6.07, 6.45) is 6.01. The van der Waals surface area contributed by atoms with Gasteiger partial charge in [0.2, 0.25) is 5.91 Å². The fourth-order valence-electron chi connectivity index (χ4n) is 2.62. The van der Waals surface area contributed by atoms with Crippen LogP contribution in [0.15, 0.2) is 54.7 Å². The van der Waals surface area contributed by atoms with Gasteiger partial charge in [0, 0.05) is 34.7 Å². The smallest absolute Gasteiger partial charge is 0.244 e. The summed E-state index contributed by atoms with van der Waals surface area (Å²) in [5.41, 5.74) is 3.14. The van der Waals surface area contributed by atoms with Gasteiger partial charge in [-0.15, -0.1) is 0 Å². The first-order valence-electron chi connectivity index (χ1n) is 8.01. The molecule has 2 N–H and O–H groups in total. The van der Waals surface area contributed by atoms with Crippen LogP contribution in [0.3, 0.4) is 0 Å². The number of fused-ring (bicyclic) bond motifs is 1. The predicted molar refractivity (Wildman–Crippen MR) is 102 cm³/mol. The maximum atomic E-state index is 11.9. The molecule has 5 heteroatoms. The number of methoxy groups -OCH3 is 1. The molecular formula is C20H19ClN2O2. The number of benzene rings is 2. The molecule has 0 saturated carbocycles. The Morgan fingerprint density at radius 1 is 1.24 bits per heavy atom. The van der Waals surface area contributed by atoms with E-state index in [0.717, 1.165) is 34.2 Å². The van der Waals surface area contributed by atoms with E-state index in [4.69, 9.17) is 16.3 Å². The SMILES string of the molecule is COc1ccc2[nH]cc(CCNC(=O)/C=C/c3ccc(Cl)cc3)c2c1. The van der Waals surface area contributed by atoms with Crippen LogP contribution in [0.25, 0.3) is 17.0 Å². The highest BCUT2D eigenvalue weighted by Crippen LogP contribution is 2.23. The minimum atomic E-state index is -0.118. The van der Waals surface area contributed by atoms with Crippen LogP contribution in [0.2, 0.25) is 5.02 Å². The minimum Gasteiger partial charge on any atom is -0.497 e. The summed E-state index contributed by atoms with van der Waals surface area (Å²) >= 11 is 5.84. The monoisotopic (exact) mass is 354 g/mol. The van der Waals surface area contributed by atoms with Crippen LogP contribution in [0, 0.1) is 0 Å². The molecule has 0 fully saturated rings. The van der Waals surface area contributed by atoms with Gasteiger partial charge >= 0.3 is 0 Å². The van der Waals surface area contributed by atoms with Crippen molar-refractivity contribution >= 4 is 34.5 Å². The molecular weight excluding hydrogens is 336 g/mol. The second-order valence-corrected chi connectivity index (χ2v) is 6.09. The highest BCUT2D eigenvalue weighted by Gasteiger charge is 2.05. The number of carbonyl (C=O) groups excluding carboxylic acids is 1. The number of hydrogen-bond acceptors (Lipinski definition) is 2. The lowest BCUT2D eigenvalue weighted by atomic mass is 10.1. The fourth-order valence-corrected chi connectivity index (χ4v) is 2.74. The molecule has 25 heavy (non-hydrogen) atoms. The Balaban J connectivity index is 1.55. The van der Waals surface area contributed by atoms with Crippen LogP contribution in [0.1, 0.15) is 11.1 Å². The Morgan fingerprint density at radius 2 is 2.04 bits per heavy atom. The molecule has 0 radical (unpaired) electrons. The van der Waals surface area contributed by atoms with Crippen molar-refractivity contribution in [2.45, 2.75) is 6.42 Å². The van der Waals surface area contributed by atoms with Crippen LogP contribution >= 0.6 is 11.6 Å². The van der Waals surface area contributed by atoms with E-state index in [1.807, 2.05) is 36.5 Å². The number of nitrogens with one attached hydrogen (secondary N) is 2. The molecule has 0 atom stereocenters. The largest absolute Gasteiger partial charge is 0.497 e. The maximum absolute atomic E-state index is 11.9. The number of hydrogen-bond donors (Lipinski definition) is 2. The van der Waals surface area contributed by atoms with Crippen LogP contribution in [0.4, 0.5) is 0 Å². The van der Waals surface area contributed by atoms with Crippen LogP contribution < -0.4 is 10.1 Å². The van der Waals surface area contributed by atoms with Gasteiger partial charge in [0.05, 0.1) is 7.11 Å². The van der Waals surface area contributed by atoms with E-state index in [1.165, 1.54) is 6.08 Å². The van der Waals surface area contributed by atoms with Gasteiger partial charge in [0.25, 0.3) is 0 Å². The summed E-state index contributed by atoms with van der Waals surface area (Å²) in [4.78, 5) is 15.2. The number of ether oxygens (including phenoxy) is 1. The third-order valence-corrected chi connectivity index (χ3v) is 4.22. The molecule has 0 unspecified atom stereocenters. The molecule has 2 aromatic carbocycles. The van der Waals surface area contributed by atoms with Gasteiger partial charge in [0.1, 0.15) is 5.75 Å². The molecule has 0 bridgehead atoms. The summed E-state index contributed by atoms with van der Waals surface area (Å²) in [7, 11) is 1.65. The Bertz CT molecular complexity index is 898. The molecule has 128 valence electrons. The van der Waals surface area contributed by atoms with Crippen molar-refractivity contribution in [3.8, 4) is 5.75 Å². The van der Waals surface area contributed by atoms with Gasteiger partial charge in [-0.2, -0.15) is 0 Å². The van der Waals surface area contributed by atoms with E-state index >= 15 is 0 Å². The van der Waals surface area contributed by atoms with Crippen molar-refractivity contribution in [1.82, 2.24) is 10.3 Å². The molecule has 3 aromatic rings. The average molecular weight is 355 g/mol. The lowest BCUT2D eigenvalue weighted by Gasteiger charge is -2.03. The minimum absolute atomic E-state index is 0.118. The molecule has 3 rings (SSSR count). The Morgan fingerprint density at radius 3 is 2.80 bits per heavy atom. The van der Waals surface area contributed by atoms with Gasteiger partial charge in [-0.25, -0.2) is 0 Å². The van der Waals surface area contributed by atoms with Gasteiger partial charge in [0.15, 0.2) is 0 Å². The number of halogens is 1. The summed E-state index contributed by atoms with van der Waals surface area (Å²) in [5, 5.41) is 4.69. The molecule has 1 aromatic heterocycles. The first-order chi connectivity index (χ1) is 12.2. The Labute approximate surface area is 151 Å². The molecule has 1 heterocycles.